The first-order valence-electron chi connectivity index (χ1n) is 8.43. The Bertz CT molecular complexity index is 710. The molecule has 2 rings (SSSR count). The molecule has 1 heterocycles. The second-order valence-corrected chi connectivity index (χ2v) is 6.59. The van der Waals surface area contributed by atoms with Gasteiger partial charge in [0.25, 0.3) is 5.91 Å². The molecule has 2 aromatic rings. The Kier molecular flexibility index (Phi) is 7.60. The second-order valence-electron chi connectivity index (χ2n) is 5.67. The maximum atomic E-state index is 12.0. The van der Waals surface area contributed by atoms with Crippen LogP contribution < -0.4 is 10.3 Å². The number of benzene rings is 1. The Hall–Kier alpha value is -2.21. The molecule has 0 saturated heterocycles. The van der Waals surface area contributed by atoms with E-state index in [9.17, 15) is 4.79 Å². The molecule has 5 nitrogen and oxygen atoms in total. The predicted molar refractivity (Wildman–Crippen MR) is 106 cm³/mol. The fourth-order valence-corrected chi connectivity index (χ4v) is 2.81. The molecule has 25 heavy (non-hydrogen) atoms. The van der Waals surface area contributed by atoms with Crippen molar-refractivity contribution in [3.8, 4) is 0 Å². The molecule has 0 aliphatic carbocycles. The minimum atomic E-state index is -0.293. The van der Waals surface area contributed by atoms with Crippen molar-refractivity contribution in [1.29, 1.82) is 0 Å². The quantitative estimate of drug-likeness (QED) is 0.530. The van der Waals surface area contributed by atoms with E-state index in [4.69, 9.17) is 0 Å². The molecular weight excluding hydrogens is 380 g/mol. The molecule has 0 radical (unpaired) electrons. The highest BCUT2D eigenvalue weighted by Crippen LogP contribution is 2.15. The molecule has 1 amide bonds. The van der Waals surface area contributed by atoms with E-state index in [-0.39, 0.29) is 5.91 Å². The van der Waals surface area contributed by atoms with Crippen molar-refractivity contribution in [3.05, 3.63) is 58.3 Å². The monoisotopic (exact) mass is 402 g/mol. The zero-order valence-corrected chi connectivity index (χ0v) is 16.2. The maximum absolute atomic E-state index is 12.0. The lowest BCUT2D eigenvalue weighted by atomic mass is 10.2. The molecular formula is C19H23BrN4O. The summed E-state index contributed by atoms with van der Waals surface area (Å²) in [6.45, 7) is 6.48. The maximum Gasteiger partial charge on any atom is 0.272 e. The third-order valence-electron chi connectivity index (χ3n) is 3.59. The number of hydrogen-bond acceptors (Lipinski definition) is 4. The average molecular weight is 403 g/mol. The number of rotatable bonds is 8. The topological polar surface area (TPSA) is 57.6 Å². The molecule has 1 aromatic carbocycles. The van der Waals surface area contributed by atoms with Gasteiger partial charge in [-0.3, -0.25) is 9.78 Å². The number of hydrazone groups is 1. The minimum absolute atomic E-state index is 0.293. The van der Waals surface area contributed by atoms with Gasteiger partial charge in [-0.1, -0.05) is 26.0 Å². The number of carbonyl (C=O) groups is 1. The number of amides is 1. The summed E-state index contributed by atoms with van der Waals surface area (Å²) in [7, 11) is 0. The first-order valence-corrected chi connectivity index (χ1v) is 9.22. The number of carbonyl (C=O) groups excluding carboxylic acids is 1. The van der Waals surface area contributed by atoms with Gasteiger partial charge in [-0.05, 0) is 52.5 Å². The molecule has 0 saturated carbocycles. The molecule has 6 heteroatoms. The molecule has 0 aliphatic heterocycles. The average Bonchev–Trinajstić information content (AvgIpc) is 2.62. The summed E-state index contributed by atoms with van der Waals surface area (Å²) in [4.78, 5) is 18.3. The minimum Gasteiger partial charge on any atom is -0.372 e. The lowest BCUT2D eigenvalue weighted by Gasteiger charge is -2.23. The molecule has 1 N–H and O–H groups in total. The number of nitrogens with one attached hydrogen (secondary N) is 1. The Labute approximate surface area is 157 Å². The van der Waals surface area contributed by atoms with Gasteiger partial charge in [0.15, 0.2) is 0 Å². The van der Waals surface area contributed by atoms with E-state index in [2.05, 4.69) is 62.3 Å². The van der Waals surface area contributed by atoms with Crippen LogP contribution in [0.25, 0.3) is 0 Å². The molecule has 0 aliphatic rings. The van der Waals surface area contributed by atoms with E-state index in [0.717, 1.165) is 36.0 Å². The van der Waals surface area contributed by atoms with Crippen molar-refractivity contribution < 1.29 is 4.79 Å². The molecule has 0 atom stereocenters. The summed E-state index contributed by atoms with van der Waals surface area (Å²) in [6, 6.07) is 9.89. The zero-order chi connectivity index (χ0) is 18.1. The number of pyridine rings is 1. The van der Waals surface area contributed by atoms with E-state index < -0.39 is 0 Å². The van der Waals surface area contributed by atoms with Gasteiger partial charge in [0.2, 0.25) is 0 Å². The Morgan fingerprint density at radius 1 is 1.20 bits per heavy atom. The van der Waals surface area contributed by atoms with E-state index in [1.807, 2.05) is 12.1 Å². The SMILES string of the molecule is CCCN(CCC)c1ccc(/C=N\NC(=O)c2cncc(Br)c2)cc1. The van der Waals surface area contributed by atoms with Gasteiger partial charge in [0.05, 0.1) is 11.8 Å². The number of aromatic nitrogens is 1. The number of nitrogens with zero attached hydrogens (tertiary/aromatic N) is 3. The summed E-state index contributed by atoms with van der Waals surface area (Å²) in [6.07, 6.45) is 7.01. The van der Waals surface area contributed by atoms with Gasteiger partial charge in [-0.2, -0.15) is 5.10 Å². The van der Waals surface area contributed by atoms with Crippen molar-refractivity contribution in [2.75, 3.05) is 18.0 Å². The van der Waals surface area contributed by atoms with E-state index in [0.29, 0.717) is 5.56 Å². The molecule has 1 aromatic heterocycles. The smallest absolute Gasteiger partial charge is 0.272 e. The van der Waals surface area contributed by atoms with Crippen LogP contribution in [0.3, 0.4) is 0 Å². The van der Waals surface area contributed by atoms with Crippen molar-refractivity contribution in [2.24, 2.45) is 5.10 Å². The number of anilines is 1. The van der Waals surface area contributed by atoms with Crippen molar-refractivity contribution in [1.82, 2.24) is 10.4 Å². The normalized spacial score (nSPS) is 10.8. The van der Waals surface area contributed by atoms with Crippen molar-refractivity contribution in [3.63, 3.8) is 0 Å². The first-order chi connectivity index (χ1) is 12.1. The molecule has 132 valence electrons. The molecule has 0 spiro atoms. The fourth-order valence-electron chi connectivity index (χ4n) is 2.45. The van der Waals surface area contributed by atoms with Crippen LogP contribution in [0.15, 0.2) is 52.3 Å². The molecule has 0 fully saturated rings. The van der Waals surface area contributed by atoms with Gasteiger partial charge in [0, 0.05) is 35.6 Å². The standard InChI is InChI=1S/C19H23BrN4O/c1-3-9-24(10-4-2)18-7-5-15(6-8-18)12-22-23-19(25)16-11-17(20)14-21-13-16/h5-8,11-14H,3-4,9-10H2,1-2H3,(H,23,25)/b22-12-. The highest BCUT2D eigenvalue weighted by Gasteiger charge is 2.05. The van der Waals surface area contributed by atoms with Gasteiger partial charge < -0.3 is 4.90 Å². The zero-order valence-electron chi connectivity index (χ0n) is 14.6. The third-order valence-corrected chi connectivity index (χ3v) is 4.03. The van der Waals surface area contributed by atoms with Crippen LogP contribution in [0, 0.1) is 0 Å². The van der Waals surface area contributed by atoms with Crippen LogP contribution >= 0.6 is 15.9 Å². The van der Waals surface area contributed by atoms with Gasteiger partial charge in [0.1, 0.15) is 0 Å². The van der Waals surface area contributed by atoms with Gasteiger partial charge in [-0.15, -0.1) is 0 Å². The van der Waals surface area contributed by atoms with Crippen molar-refractivity contribution >= 4 is 33.7 Å². The van der Waals surface area contributed by atoms with Crippen LogP contribution in [0.2, 0.25) is 0 Å². The van der Waals surface area contributed by atoms with Crippen molar-refractivity contribution in [2.45, 2.75) is 26.7 Å². The van der Waals surface area contributed by atoms with E-state index in [1.165, 1.54) is 11.9 Å². The van der Waals surface area contributed by atoms with E-state index in [1.54, 1.807) is 18.5 Å². The summed E-state index contributed by atoms with van der Waals surface area (Å²) in [5, 5.41) is 4.01. The first kappa shape index (κ1) is 19.1. The fraction of sp³-hybridized carbons (Fsp3) is 0.316. The molecule has 0 unspecified atom stereocenters. The van der Waals surface area contributed by atoms with Crippen LogP contribution in [-0.2, 0) is 0 Å². The predicted octanol–water partition coefficient (Wildman–Crippen LogP) is 4.23. The largest absolute Gasteiger partial charge is 0.372 e. The number of halogens is 1. The second kappa shape index (κ2) is 9.93. The van der Waals surface area contributed by atoms with Crippen LogP contribution in [0.1, 0.15) is 42.6 Å². The van der Waals surface area contributed by atoms with Crippen LogP contribution in [0.5, 0.6) is 0 Å². The highest BCUT2D eigenvalue weighted by atomic mass is 79.9. The van der Waals surface area contributed by atoms with Crippen LogP contribution in [-0.4, -0.2) is 30.2 Å². The summed E-state index contributed by atoms with van der Waals surface area (Å²) in [5.74, 6) is -0.293. The highest BCUT2D eigenvalue weighted by molar-refractivity contribution is 9.10. The Balaban J connectivity index is 1.96. The Morgan fingerprint density at radius 2 is 1.88 bits per heavy atom. The Morgan fingerprint density at radius 3 is 2.48 bits per heavy atom. The van der Waals surface area contributed by atoms with Crippen LogP contribution in [0.4, 0.5) is 5.69 Å². The van der Waals surface area contributed by atoms with Gasteiger partial charge in [-0.25, -0.2) is 5.43 Å². The number of hydrogen-bond donors (Lipinski definition) is 1. The van der Waals surface area contributed by atoms with E-state index >= 15 is 0 Å². The lowest BCUT2D eigenvalue weighted by Crippen LogP contribution is -2.24. The summed E-state index contributed by atoms with van der Waals surface area (Å²) < 4.78 is 0.753. The molecule has 0 bridgehead atoms. The lowest BCUT2D eigenvalue weighted by molar-refractivity contribution is 0.0954. The third kappa shape index (κ3) is 5.98. The van der Waals surface area contributed by atoms with Gasteiger partial charge >= 0.3 is 0 Å². The summed E-state index contributed by atoms with van der Waals surface area (Å²) >= 11 is 3.29. The summed E-state index contributed by atoms with van der Waals surface area (Å²) in [5.41, 5.74) is 5.11.